The lowest BCUT2D eigenvalue weighted by Gasteiger charge is -2.33. The first-order valence-electron chi connectivity index (χ1n) is 7.73. The quantitative estimate of drug-likeness (QED) is 0.766. The first-order valence-corrected chi connectivity index (χ1v) is 8.52. The molecule has 1 aliphatic rings. The number of rotatable bonds is 6. The van der Waals surface area contributed by atoms with Gasteiger partial charge in [0.15, 0.2) is 0 Å². The van der Waals surface area contributed by atoms with E-state index in [0.29, 0.717) is 0 Å². The Kier molecular flexibility index (Phi) is 5.50. The SMILES string of the molecule is CCCOc1ccc(C(O)C2(CC)CCCC2)cc1Br. The summed E-state index contributed by atoms with van der Waals surface area (Å²) in [6, 6.07) is 6.00. The Morgan fingerprint density at radius 1 is 1.30 bits per heavy atom. The van der Waals surface area contributed by atoms with Crippen LogP contribution in [0, 0.1) is 5.41 Å². The van der Waals surface area contributed by atoms with Crippen LogP contribution in [0.2, 0.25) is 0 Å². The molecule has 3 heteroatoms. The molecular formula is C17H25BrO2. The fourth-order valence-electron chi connectivity index (χ4n) is 3.27. The van der Waals surface area contributed by atoms with Crippen LogP contribution in [0.4, 0.5) is 0 Å². The molecule has 1 N–H and O–H groups in total. The topological polar surface area (TPSA) is 29.5 Å². The number of halogens is 1. The number of hydrogen-bond donors (Lipinski definition) is 1. The van der Waals surface area contributed by atoms with Crippen molar-refractivity contribution in [2.24, 2.45) is 5.41 Å². The second kappa shape index (κ2) is 6.95. The maximum atomic E-state index is 10.8. The number of ether oxygens (including phenoxy) is 1. The number of aliphatic hydroxyl groups is 1. The molecular weight excluding hydrogens is 316 g/mol. The van der Waals surface area contributed by atoms with Crippen molar-refractivity contribution in [2.45, 2.75) is 58.5 Å². The average molecular weight is 341 g/mol. The van der Waals surface area contributed by atoms with Gasteiger partial charge in [0.1, 0.15) is 5.75 Å². The second-order valence-corrected chi connectivity index (χ2v) is 6.72. The van der Waals surface area contributed by atoms with Crippen LogP contribution in [0.5, 0.6) is 5.75 Å². The third kappa shape index (κ3) is 3.20. The van der Waals surface area contributed by atoms with E-state index < -0.39 is 0 Å². The lowest BCUT2D eigenvalue weighted by molar-refractivity contribution is 0.0237. The van der Waals surface area contributed by atoms with Gasteiger partial charge < -0.3 is 9.84 Å². The Morgan fingerprint density at radius 3 is 2.55 bits per heavy atom. The zero-order chi connectivity index (χ0) is 14.6. The van der Waals surface area contributed by atoms with E-state index in [1.165, 1.54) is 12.8 Å². The van der Waals surface area contributed by atoms with Crippen LogP contribution in [-0.2, 0) is 0 Å². The van der Waals surface area contributed by atoms with Gasteiger partial charge in [0.2, 0.25) is 0 Å². The van der Waals surface area contributed by atoms with Crippen molar-refractivity contribution in [1.82, 2.24) is 0 Å². The smallest absolute Gasteiger partial charge is 0.133 e. The van der Waals surface area contributed by atoms with E-state index in [1.807, 2.05) is 18.2 Å². The molecule has 0 amide bonds. The fraction of sp³-hybridized carbons (Fsp3) is 0.647. The molecule has 1 saturated carbocycles. The van der Waals surface area contributed by atoms with Crippen molar-refractivity contribution in [3.8, 4) is 5.75 Å². The summed E-state index contributed by atoms with van der Waals surface area (Å²) in [7, 11) is 0. The molecule has 1 aromatic carbocycles. The standard InChI is InChI=1S/C17H25BrO2/c1-3-11-20-15-8-7-13(12-14(15)18)16(19)17(4-2)9-5-6-10-17/h7-8,12,16,19H,3-6,9-11H2,1-2H3. The summed E-state index contributed by atoms with van der Waals surface area (Å²) < 4.78 is 6.61. The van der Waals surface area contributed by atoms with E-state index in [4.69, 9.17) is 4.74 Å². The van der Waals surface area contributed by atoms with Crippen LogP contribution in [0.3, 0.4) is 0 Å². The normalized spacial score (nSPS) is 19.0. The Bertz CT molecular complexity index is 439. The molecule has 0 radical (unpaired) electrons. The summed E-state index contributed by atoms with van der Waals surface area (Å²) in [4.78, 5) is 0. The van der Waals surface area contributed by atoms with Crippen molar-refractivity contribution < 1.29 is 9.84 Å². The van der Waals surface area contributed by atoms with Crippen molar-refractivity contribution in [3.05, 3.63) is 28.2 Å². The number of aliphatic hydroxyl groups excluding tert-OH is 1. The molecule has 0 aromatic heterocycles. The minimum Gasteiger partial charge on any atom is -0.492 e. The third-order valence-corrected chi connectivity index (χ3v) is 5.24. The molecule has 1 aromatic rings. The highest BCUT2D eigenvalue weighted by atomic mass is 79.9. The van der Waals surface area contributed by atoms with Crippen LogP contribution in [0.1, 0.15) is 64.0 Å². The monoisotopic (exact) mass is 340 g/mol. The van der Waals surface area contributed by atoms with Gasteiger partial charge in [0.25, 0.3) is 0 Å². The van der Waals surface area contributed by atoms with E-state index in [1.54, 1.807) is 0 Å². The third-order valence-electron chi connectivity index (χ3n) is 4.62. The lowest BCUT2D eigenvalue weighted by Crippen LogP contribution is -2.25. The molecule has 2 nitrogen and oxygen atoms in total. The number of benzene rings is 1. The van der Waals surface area contributed by atoms with Gasteiger partial charge in [0.05, 0.1) is 17.2 Å². The van der Waals surface area contributed by atoms with Gasteiger partial charge in [-0.2, -0.15) is 0 Å². The molecule has 1 atom stereocenters. The zero-order valence-corrected chi connectivity index (χ0v) is 14.1. The summed E-state index contributed by atoms with van der Waals surface area (Å²) in [5.74, 6) is 0.861. The predicted octanol–water partition coefficient (Wildman–Crippen LogP) is 5.24. The first-order chi connectivity index (χ1) is 9.63. The highest BCUT2D eigenvalue weighted by Crippen LogP contribution is 2.50. The Labute approximate surface area is 130 Å². The van der Waals surface area contributed by atoms with Crippen LogP contribution < -0.4 is 4.74 Å². The number of hydrogen-bond acceptors (Lipinski definition) is 2. The molecule has 1 fully saturated rings. The first kappa shape index (κ1) is 15.8. The summed E-state index contributed by atoms with van der Waals surface area (Å²) in [6.45, 7) is 5.01. The van der Waals surface area contributed by atoms with E-state index in [-0.39, 0.29) is 11.5 Å². The van der Waals surface area contributed by atoms with Crippen molar-refractivity contribution in [3.63, 3.8) is 0 Å². The van der Waals surface area contributed by atoms with E-state index >= 15 is 0 Å². The highest BCUT2D eigenvalue weighted by molar-refractivity contribution is 9.10. The summed E-state index contributed by atoms with van der Waals surface area (Å²) >= 11 is 3.56. The second-order valence-electron chi connectivity index (χ2n) is 5.86. The zero-order valence-electron chi connectivity index (χ0n) is 12.5. The van der Waals surface area contributed by atoms with Gasteiger partial charge in [-0.05, 0) is 59.3 Å². The Hall–Kier alpha value is -0.540. The van der Waals surface area contributed by atoms with Gasteiger partial charge in [-0.1, -0.05) is 32.8 Å². The predicted molar refractivity (Wildman–Crippen MR) is 86.1 cm³/mol. The minimum atomic E-state index is -0.369. The molecule has 2 rings (SSSR count). The molecule has 1 unspecified atom stereocenters. The minimum absolute atomic E-state index is 0.0746. The van der Waals surface area contributed by atoms with E-state index in [2.05, 4.69) is 29.8 Å². The molecule has 20 heavy (non-hydrogen) atoms. The lowest BCUT2D eigenvalue weighted by atomic mass is 9.75. The van der Waals surface area contributed by atoms with Gasteiger partial charge in [-0.3, -0.25) is 0 Å². The van der Waals surface area contributed by atoms with Crippen LogP contribution in [-0.4, -0.2) is 11.7 Å². The van der Waals surface area contributed by atoms with Crippen molar-refractivity contribution in [2.75, 3.05) is 6.61 Å². The van der Waals surface area contributed by atoms with E-state index in [0.717, 1.165) is 48.1 Å². The molecule has 1 aliphatic carbocycles. The average Bonchev–Trinajstić information content (AvgIpc) is 2.95. The fourth-order valence-corrected chi connectivity index (χ4v) is 3.78. The molecule has 0 bridgehead atoms. The largest absolute Gasteiger partial charge is 0.492 e. The van der Waals surface area contributed by atoms with Crippen LogP contribution >= 0.6 is 15.9 Å². The Balaban J connectivity index is 2.18. The van der Waals surface area contributed by atoms with Gasteiger partial charge in [-0.15, -0.1) is 0 Å². The molecule has 0 heterocycles. The van der Waals surface area contributed by atoms with Gasteiger partial charge in [-0.25, -0.2) is 0 Å². The van der Waals surface area contributed by atoms with Crippen LogP contribution in [0.15, 0.2) is 22.7 Å². The summed E-state index contributed by atoms with van der Waals surface area (Å²) in [5, 5.41) is 10.8. The van der Waals surface area contributed by atoms with E-state index in [9.17, 15) is 5.11 Å². The van der Waals surface area contributed by atoms with Crippen molar-refractivity contribution >= 4 is 15.9 Å². The van der Waals surface area contributed by atoms with Gasteiger partial charge in [0, 0.05) is 5.41 Å². The molecule has 0 spiro atoms. The van der Waals surface area contributed by atoms with Gasteiger partial charge >= 0.3 is 0 Å². The van der Waals surface area contributed by atoms with Crippen LogP contribution in [0.25, 0.3) is 0 Å². The highest BCUT2D eigenvalue weighted by Gasteiger charge is 2.39. The Morgan fingerprint density at radius 2 is 2.00 bits per heavy atom. The molecule has 0 aliphatic heterocycles. The summed E-state index contributed by atoms with van der Waals surface area (Å²) in [5.41, 5.74) is 1.08. The molecule has 112 valence electrons. The van der Waals surface area contributed by atoms with Crippen molar-refractivity contribution in [1.29, 1.82) is 0 Å². The maximum absolute atomic E-state index is 10.8. The summed E-state index contributed by atoms with van der Waals surface area (Å²) in [6.07, 6.45) is 6.42. The molecule has 0 saturated heterocycles. The maximum Gasteiger partial charge on any atom is 0.133 e.